The molecule has 188 valence electrons. The van der Waals surface area contributed by atoms with Crippen LogP contribution in [0, 0.1) is 0 Å². The fourth-order valence-electron chi connectivity index (χ4n) is 4.43. The van der Waals surface area contributed by atoms with Gasteiger partial charge < -0.3 is 20.1 Å². The Kier molecular flexibility index (Phi) is 6.92. The number of hydrogen-bond acceptors (Lipinski definition) is 4. The second-order valence-electron chi connectivity index (χ2n) is 8.57. The van der Waals surface area contributed by atoms with E-state index < -0.39 is 17.6 Å². The molecule has 2 N–H and O–H groups in total. The van der Waals surface area contributed by atoms with E-state index in [0.717, 1.165) is 29.7 Å². The normalized spacial score (nSPS) is 14.7. The molecule has 0 saturated heterocycles. The maximum atomic E-state index is 13.4. The maximum Gasteiger partial charge on any atom is 0.416 e. The standard InChI is InChI=1S/C27H25F3N2O4/c1-15(33)31-21-10-17-6-9-20(11-18(17)12-21)32-26(34)23-14-25(36-3)24(35-2)13-22(23)16-4-7-19(8-5-16)27(28,29)30/h4-9,11,13-14,21H,10,12H2,1-3H3,(H,31,33)(H,32,34). The van der Waals surface area contributed by atoms with Gasteiger partial charge in [-0.05, 0) is 71.5 Å². The van der Waals surface area contributed by atoms with Gasteiger partial charge in [0.2, 0.25) is 5.91 Å². The quantitative estimate of drug-likeness (QED) is 0.487. The Bertz CT molecular complexity index is 1300. The molecule has 0 aliphatic heterocycles. The summed E-state index contributed by atoms with van der Waals surface area (Å²) in [5.41, 5.74) is 2.94. The lowest BCUT2D eigenvalue weighted by molar-refractivity contribution is -0.137. The van der Waals surface area contributed by atoms with Gasteiger partial charge in [-0.2, -0.15) is 13.2 Å². The zero-order valence-electron chi connectivity index (χ0n) is 20.0. The molecule has 0 bridgehead atoms. The van der Waals surface area contributed by atoms with Crippen molar-refractivity contribution in [2.75, 3.05) is 19.5 Å². The minimum atomic E-state index is -4.47. The van der Waals surface area contributed by atoms with Crippen LogP contribution >= 0.6 is 0 Å². The molecule has 1 atom stereocenters. The summed E-state index contributed by atoms with van der Waals surface area (Å²) in [6, 6.07) is 13.2. The molecule has 36 heavy (non-hydrogen) atoms. The van der Waals surface area contributed by atoms with E-state index in [-0.39, 0.29) is 17.5 Å². The van der Waals surface area contributed by atoms with E-state index in [2.05, 4.69) is 10.6 Å². The summed E-state index contributed by atoms with van der Waals surface area (Å²) in [6.45, 7) is 1.48. The summed E-state index contributed by atoms with van der Waals surface area (Å²) in [6.07, 6.45) is -3.09. The van der Waals surface area contributed by atoms with Crippen LogP contribution in [-0.2, 0) is 23.8 Å². The first-order chi connectivity index (χ1) is 17.1. The SMILES string of the molecule is COc1cc(C(=O)Nc2ccc3c(c2)CC(NC(C)=O)C3)c(-c2ccc(C(F)(F)F)cc2)cc1OC. The summed E-state index contributed by atoms with van der Waals surface area (Å²) in [4.78, 5) is 24.8. The molecule has 1 aliphatic rings. The minimum absolute atomic E-state index is 0.0144. The van der Waals surface area contributed by atoms with E-state index in [4.69, 9.17) is 9.47 Å². The number of benzene rings is 3. The van der Waals surface area contributed by atoms with E-state index in [1.54, 1.807) is 12.1 Å². The Balaban J connectivity index is 1.66. The van der Waals surface area contributed by atoms with Crippen LogP contribution in [0.4, 0.5) is 18.9 Å². The van der Waals surface area contributed by atoms with Crippen molar-refractivity contribution >= 4 is 17.5 Å². The van der Waals surface area contributed by atoms with Crippen LogP contribution in [0.2, 0.25) is 0 Å². The molecular formula is C27H25F3N2O4. The fourth-order valence-corrected chi connectivity index (χ4v) is 4.43. The predicted octanol–water partition coefficient (Wildman–Crippen LogP) is 5.25. The number of nitrogens with one attached hydrogen (secondary N) is 2. The van der Waals surface area contributed by atoms with Crippen molar-refractivity contribution in [2.24, 2.45) is 0 Å². The van der Waals surface area contributed by atoms with Crippen molar-refractivity contribution in [1.82, 2.24) is 5.32 Å². The van der Waals surface area contributed by atoms with Gasteiger partial charge in [0.1, 0.15) is 0 Å². The number of hydrogen-bond donors (Lipinski definition) is 2. The highest BCUT2D eigenvalue weighted by molar-refractivity contribution is 6.09. The number of amides is 2. The molecule has 0 heterocycles. The largest absolute Gasteiger partial charge is 0.493 e. The molecule has 2 amide bonds. The molecule has 6 nitrogen and oxygen atoms in total. The molecule has 0 fully saturated rings. The van der Waals surface area contributed by atoms with Gasteiger partial charge in [-0.15, -0.1) is 0 Å². The number of rotatable bonds is 6. The Morgan fingerprint density at radius 1 is 0.889 bits per heavy atom. The first-order valence-electron chi connectivity index (χ1n) is 11.2. The number of fused-ring (bicyclic) bond motifs is 1. The molecule has 1 aliphatic carbocycles. The molecule has 0 radical (unpaired) electrons. The first-order valence-corrected chi connectivity index (χ1v) is 11.2. The van der Waals surface area contributed by atoms with Crippen LogP contribution in [0.25, 0.3) is 11.1 Å². The van der Waals surface area contributed by atoms with Gasteiger partial charge in [0.25, 0.3) is 5.91 Å². The zero-order chi connectivity index (χ0) is 26.0. The molecule has 0 spiro atoms. The average molecular weight is 499 g/mol. The van der Waals surface area contributed by atoms with Crippen LogP contribution in [0.5, 0.6) is 11.5 Å². The van der Waals surface area contributed by atoms with Gasteiger partial charge in [-0.3, -0.25) is 9.59 Å². The van der Waals surface area contributed by atoms with Gasteiger partial charge >= 0.3 is 6.18 Å². The van der Waals surface area contributed by atoms with Crippen molar-refractivity contribution in [3.8, 4) is 22.6 Å². The van der Waals surface area contributed by atoms with Crippen molar-refractivity contribution in [3.05, 3.63) is 76.9 Å². The van der Waals surface area contributed by atoms with Crippen LogP contribution in [0.1, 0.15) is 34.0 Å². The maximum absolute atomic E-state index is 13.4. The smallest absolute Gasteiger partial charge is 0.416 e. The lowest BCUT2D eigenvalue weighted by Gasteiger charge is -2.16. The minimum Gasteiger partial charge on any atom is -0.493 e. The Hall–Kier alpha value is -4.01. The third kappa shape index (κ3) is 5.30. The van der Waals surface area contributed by atoms with Crippen LogP contribution < -0.4 is 20.1 Å². The van der Waals surface area contributed by atoms with E-state index >= 15 is 0 Å². The predicted molar refractivity (Wildman–Crippen MR) is 129 cm³/mol. The number of carbonyl (C=O) groups is 2. The Morgan fingerprint density at radius 2 is 1.53 bits per heavy atom. The summed E-state index contributed by atoms with van der Waals surface area (Å²) in [7, 11) is 2.87. The zero-order valence-corrected chi connectivity index (χ0v) is 20.0. The number of ether oxygens (including phenoxy) is 2. The molecule has 3 aromatic rings. The monoisotopic (exact) mass is 498 g/mol. The van der Waals surface area contributed by atoms with Crippen molar-refractivity contribution in [2.45, 2.75) is 32.0 Å². The summed E-state index contributed by atoms with van der Waals surface area (Å²) >= 11 is 0. The molecular weight excluding hydrogens is 473 g/mol. The first kappa shape index (κ1) is 25.1. The lowest BCUT2D eigenvalue weighted by Crippen LogP contribution is -2.33. The lowest BCUT2D eigenvalue weighted by atomic mass is 9.97. The number of alkyl halides is 3. The molecule has 9 heteroatoms. The molecule has 3 aromatic carbocycles. The highest BCUT2D eigenvalue weighted by Crippen LogP contribution is 2.38. The highest BCUT2D eigenvalue weighted by atomic mass is 19.4. The van der Waals surface area contributed by atoms with Gasteiger partial charge in [0.15, 0.2) is 11.5 Å². The average Bonchev–Trinajstić information content (AvgIpc) is 3.23. The van der Waals surface area contributed by atoms with Crippen molar-refractivity contribution < 1.29 is 32.2 Å². The van der Waals surface area contributed by atoms with Crippen LogP contribution in [0.15, 0.2) is 54.6 Å². The van der Waals surface area contributed by atoms with E-state index in [9.17, 15) is 22.8 Å². The van der Waals surface area contributed by atoms with E-state index in [1.165, 1.54) is 39.3 Å². The highest BCUT2D eigenvalue weighted by Gasteiger charge is 2.30. The topological polar surface area (TPSA) is 76.7 Å². The van der Waals surface area contributed by atoms with E-state index in [1.807, 2.05) is 12.1 Å². The molecule has 0 saturated carbocycles. The van der Waals surface area contributed by atoms with Gasteiger partial charge in [0, 0.05) is 18.7 Å². The fraction of sp³-hybridized carbons (Fsp3) is 0.259. The van der Waals surface area contributed by atoms with Crippen LogP contribution in [-0.4, -0.2) is 32.1 Å². The third-order valence-corrected chi connectivity index (χ3v) is 6.10. The van der Waals surface area contributed by atoms with Crippen LogP contribution in [0.3, 0.4) is 0 Å². The van der Waals surface area contributed by atoms with Gasteiger partial charge in [-0.25, -0.2) is 0 Å². The van der Waals surface area contributed by atoms with Crippen molar-refractivity contribution in [1.29, 1.82) is 0 Å². The van der Waals surface area contributed by atoms with E-state index in [0.29, 0.717) is 34.7 Å². The number of anilines is 1. The van der Waals surface area contributed by atoms with Gasteiger partial charge in [0.05, 0.1) is 25.3 Å². The number of methoxy groups -OCH3 is 2. The Labute approximate surface area is 206 Å². The second-order valence-corrected chi connectivity index (χ2v) is 8.57. The van der Waals surface area contributed by atoms with Gasteiger partial charge in [-0.1, -0.05) is 18.2 Å². The van der Waals surface area contributed by atoms with Crippen molar-refractivity contribution in [3.63, 3.8) is 0 Å². The summed E-state index contributed by atoms with van der Waals surface area (Å²) < 4.78 is 49.8. The Morgan fingerprint density at radius 3 is 2.14 bits per heavy atom. The molecule has 0 aromatic heterocycles. The molecule has 4 rings (SSSR count). The number of halogens is 3. The third-order valence-electron chi connectivity index (χ3n) is 6.10. The summed E-state index contributed by atoms with van der Waals surface area (Å²) in [5.74, 6) is 0.101. The second kappa shape index (κ2) is 9.93. The summed E-state index contributed by atoms with van der Waals surface area (Å²) in [5, 5.41) is 5.79. The molecule has 1 unspecified atom stereocenters. The number of carbonyl (C=O) groups excluding carboxylic acids is 2.